The molecule has 1 atom stereocenters. The maximum absolute atomic E-state index is 12.5. The zero-order chi connectivity index (χ0) is 26.7. The molecule has 3 aromatic rings. The van der Waals surface area contributed by atoms with Crippen LogP contribution in [0.25, 0.3) is 5.53 Å². The highest BCUT2D eigenvalue weighted by molar-refractivity contribution is 6.28. The first-order chi connectivity index (χ1) is 17.7. The molecular weight excluding hydrogens is 470 g/mol. The summed E-state index contributed by atoms with van der Waals surface area (Å²) in [6, 6.07) is 23.8. The molecule has 0 unspecified atom stereocenters. The molecule has 0 fully saturated rings. The van der Waals surface area contributed by atoms with Gasteiger partial charge in [0.2, 0.25) is 0 Å². The normalized spacial score (nSPS) is 11.5. The highest BCUT2D eigenvalue weighted by Gasteiger charge is 2.26. The van der Waals surface area contributed by atoms with E-state index in [9.17, 15) is 9.59 Å². The second-order valence-corrected chi connectivity index (χ2v) is 9.38. The van der Waals surface area contributed by atoms with Gasteiger partial charge < -0.3 is 25.1 Å². The molecule has 0 heterocycles. The van der Waals surface area contributed by atoms with Crippen molar-refractivity contribution in [3.63, 3.8) is 0 Å². The smallest absolute Gasteiger partial charge is 0.408 e. The average Bonchev–Trinajstić information content (AvgIpc) is 2.86. The minimum atomic E-state index is -1.01. The maximum Gasteiger partial charge on any atom is 0.408 e. The summed E-state index contributed by atoms with van der Waals surface area (Å²) < 4.78 is 17.4. The van der Waals surface area contributed by atoms with Crippen LogP contribution in [0.2, 0.25) is 0 Å². The van der Waals surface area contributed by atoms with Crippen LogP contribution in [-0.4, -0.2) is 34.5 Å². The first-order valence-corrected chi connectivity index (χ1v) is 11.9. The van der Waals surface area contributed by atoms with E-state index in [0.29, 0.717) is 30.3 Å². The topological polar surface area (TPSA) is 110 Å². The van der Waals surface area contributed by atoms with Crippen molar-refractivity contribution in [2.45, 2.75) is 52.0 Å². The van der Waals surface area contributed by atoms with E-state index >= 15 is 0 Å². The molecule has 0 saturated carbocycles. The molecule has 1 amide bonds. The fourth-order valence-electron chi connectivity index (χ4n) is 3.44. The van der Waals surface area contributed by atoms with Gasteiger partial charge in [-0.2, -0.15) is 4.79 Å². The van der Waals surface area contributed by atoms with E-state index in [0.717, 1.165) is 17.3 Å². The molecule has 8 nitrogen and oxygen atoms in total. The maximum atomic E-state index is 12.5. The number of ketones is 1. The Balaban J connectivity index is 1.82. The summed E-state index contributed by atoms with van der Waals surface area (Å²) in [4.78, 5) is 27.7. The van der Waals surface area contributed by atoms with Crippen LogP contribution in [0.4, 0.5) is 4.79 Å². The molecule has 8 heteroatoms. The molecule has 3 aromatic carbocycles. The number of hydrogen-bond donors (Lipinski definition) is 1. The average molecular weight is 502 g/mol. The zero-order valence-corrected chi connectivity index (χ0v) is 21.2. The van der Waals surface area contributed by atoms with E-state index in [1.54, 1.807) is 39.0 Å². The van der Waals surface area contributed by atoms with Gasteiger partial charge in [-0.15, -0.1) is 0 Å². The molecule has 0 saturated heterocycles. The van der Waals surface area contributed by atoms with Gasteiger partial charge in [0.1, 0.15) is 24.9 Å². The highest BCUT2D eigenvalue weighted by Crippen LogP contribution is 2.30. The van der Waals surface area contributed by atoms with Crippen molar-refractivity contribution >= 4 is 18.1 Å². The summed E-state index contributed by atoms with van der Waals surface area (Å²) >= 11 is 0. The van der Waals surface area contributed by atoms with Crippen LogP contribution < -0.4 is 14.8 Å². The van der Waals surface area contributed by atoms with Gasteiger partial charge in [0.25, 0.3) is 5.78 Å². The largest absolute Gasteiger partial charge is 0.485 e. The Morgan fingerprint density at radius 1 is 0.865 bits per heavy atom. The van der Waals surface area contributed by atoms with Crippen molar-refractivity contribution in [2.24, 2.45) is 0 Å². The fraction of sp³-hybridized carbons (Fsp3) is 0.276. The van der Waals surface area contributed by atoms with Gasteiger partial charge in [0.05, 0.1) is 0 Å². The molecule has 1 N–H and O–H groups in total. The number of benzene rings is 3. The summed E-state index contributed by atoms with van der Waals surface area (Å²) in [6.45, 7) is 5.85. The van der Waals surface area contributed by atoms with Crippen molar-refractivity contribution in [2.75, 3.05) is 0 Å². The van der Waals surface area contributed by atoms with Crippen molar-refractivity contribution < 1.29 is 28.6 Å². The second-order valence-electron chi connectivity index (χ2n) is 9.38. The molecule has 3 rings (SSSR count). The number of rotatable bonds is 11. The quantitative estimate of drug-likeness (QED) is 0.222. The number of carbonyl (C=O) groups excluding carboxylic acids is 2. The van der Waals surface area contributed by atoms with E-state index in [2.05, 4.69) is 10.1 Å². The summed E-state index contributed by atoms with van der Waals surface area (Å²) in [5.74, 6) is 0.463. The molecular formula is C29H31N3O5. The molecule has 0 radical (unpaired) electrons. The number of carbonyl (C=O) groups is 2. The van der Waals surface area contributed by atoms with Crippen LogP contribution >= 0.6 is 0 Å². The van der Waals surface area contributed by atoms with E-state index in [1.807, 2.05) is 60.7 Å². The van der Waals surface area contributed by atoms with E-state index in [4.69, 9.17) is 19.7 Å². The number of nitrogens with zero attached hydrogens (tertiary/aromatic N) is 2. The first kappa shape index (κ1) is 27.2. The van der Waals surface area contributed by atoms with Crippen LogP contribution in [0.15, 0.2) is 78.9 Å². The van der Waals surface area contributed by atoms with Gasteiger partial charge in [-0.3, -0.25) is 4.79 Å². The Hall–Kier alpha value is -4.42. The SMILES string of the molecule is CC(C)(C)OC(=O)N[C@@H](Cc1ccc(OCc2ccccc2)c(OCc2ccccc2)c1)C(=O)C=[N+]=[N-]. The summed E-state index contributed by atoms with van der Waals surface area (Å²) in [5.41, 5.74) is 10.8. The number of amides is 1. The Labute approximate surface area is 216 Å². The highest BCUT2D eigenvalue weighted by atomic mass is 16.6. The lowest BCUT2D eigenvalue weighted by Crippen LogP contribution is -2.45. The number of Topliss-reactive ketones (excluding diaryl/α,β-unsaturated/α-hetero) is 1. The molecule has 0 aliphatic heterocycles. The molecule has 37 heavy (non-hydrogen) atoms. The molecule has 0 aliphatic rings. The van der Waals surface area contributed by atoms with E-state index in [1.165, 1.54) is 0 Å². The van der Waals surface area contributed by atoms with Gasteiger partial charge in [-0.25, -0.2) is 4.79 Å². The van der Waals surface area contributed by atoms with Gasteiger partial charge in [0.15, 0.2) is 11.5 Å². The molecule has 0 aromatic heterocycles. The summed E-state index contributed by atoms with van der Waals surface area (Å²) in [7, 11) is 0. The number of nitrogens with one attached hydrogen (secondary N) is 1. The van der Waals surface area contributed by atoms with Crippen LogP contribution in [0.1, 0.15) is 37.5 Å². The lowest BCUT2D eigenvalue weighted by atomic mass is 10.0. The number of hydrogen-bond acceptors (Lipinski definition) is 5. The Bertz CT molecular complexity index is 1230. The Kier molecular flexibility index (Phi) is 9.58. The van der Waals surface area contributed by atoms with Crippen LogP contribution in [-0.2, 0) is 29.2 Å². The summed E-state index contributed by atoms with van der Waals surface area (Å²) in [5, 5.41) is 2.56. The predicted octanol–water partition coefficient (Wildman–Crippen LogP) is 5.15. The van der Waals surface area contributed by atoms with Crippen molar-refractivity contribution in [1.29, 1.82) is 0 Å². The molecule has 0 spiro atoms. The fourth-order valence-corrected chi connectivity index (χ4v) is 3.44. The number of ether oxygens (including phenoxy) is 3. The third kappa shape index (κ3) is 9.28. The van der Waals surface area contributed by atoms with Gasteiger partial charge in [-0.1, -0.05) is 66.7 Å². The lowest BCUT2D eigenvalue weighted by Gasteiger charge is -2.22. The van der Waals surface area contributed by atoms with Crippen LogP contribution in [0.3, 0.4) is 0 Å². The zero-order valence-electron chi connectivity index (χ0n) is 21.2. The molecule has 0 aliphatic carbocycles. The Morgan fingerprint density at radius 2 is 1.43 bits per heavy atom. The van der Waals surface area contributed by atoms with Crippen LogP contribution in [0.5, 0.6) is 11.5 Å². The molecule has 192 valence electrons. The third-order valence-corrected chi connectivity index (χ3v) is 5.14. The Morgan fingerprint density at radius 3 is 1.97 bits per heavy atom. The monoisotopic (exact) mass is 501 g/mol. The minimum absolute atomic E-state index is 0.116. The first-order valence-electron chi connectivity index (χ1n) is 11.9. The van der Waals surface area contributed by atoms with Crippen LogP contribution in [0, 0.1) is 0 Å². The van der Waals surface area contributed by atoms with Crippen molar-refractivity contribution in [3.8, 4) is 11.5 Å². The number of alkyl carbamates (subject to hydrolysis) is 1. The van der Waals surface area contributed by atoms with Crippen molar-refractivity contribution in [1.82, 2.24) is 5.32 Å². The lowest BCUT2D eigenvalue weighted by molar-refractivity contribution is -0.118. The van der Waals surface area contributed by atoms with Gasteiger partial charge in [-0.05, 0) is 49.6 Å². The third-order valence-electron chi connectivity index (χ3n) is 5.14. The summed E-state index contributed by atoms with van der Waals surface area (Å²) in [6.07, 6.45) is 0.122. The standard InChI is InChI=1S/C29H31N3O5/c1-29(2,3)37-28(34)32-24(25(33)18-31-30)16-23-14-15-26(35-19-21-10-6-4-7-11-21)27(17-23)36-20-22-12-8-5-9-13-22/h4-15,17-18,24H,16,19-20H2,1-3H3,(H,32,34)/t24-/m0/s1. The van der Waals surface area contributed by atoms with Crippen molar-refractivity contribution in [3.05, 3.63) is 101 Å². The van der Waals surface area contributed by atoms with Gasteiger partial charge in [0, 0.05) is 6.42 Å². The second kappa shape index (κ2) is 13.0. The predicted molar refractivity (Wildman–Crippen MR) is 140 cm³/mol. The van der Waals surface area contributed by atoms with Gasteiger partial charge >= 0.3 is 12.3 Å². The molecule has 0 bridgehead atoms. The van der Waals surface area contributed by atoms with E-state index < -0.39 is 23.5 Å². The van der Waals surface area contributed by atoms with E-state index in [-0.39, 0.29) is 6.42 Å². The minimum Gasteiger partial charge on any atom is -0.485 e.